The zero-order chi connectivity index (χ0) is 40.2. The molecule has 11 nitrogen and oxygen atoms in total. The van der Waals surface area contributed by atoms with Crippen molar-refractivity contribution >= 4 is 28.2 Å². The van der Waals surface area contributed by atoms with Gasteiger partial charge in [0.1, 0.15) is 28.6 Å². The van der Waals surface area contributed by atoms with Crippen molar-refractivity contribution in [2.75, 3.05) is 19.6 Å². The summed E-state index contributed by atoms with van der Waals surface area (Å²) in [4.78, 5) is 25.0. The zero-order valence-electron chi connectivity index (χ0n) is 31.2. The molecule has 2 saturated heterocycles. The lowest BCUT2D eigenvalue weighted by molar-refractivity contribution is -0.142. The molecule has 6 aromatic rings. The Kier molecular flexibility index (Phi) is 9.87. The summed E-state index contributed by atoms with van der Waals surface area (Å²) in [7, 11) is 0. The number of nitriles is 1. The van der Waals surface area contributed by atoms with Crippen LogP contribution in [0.5, 0.6) is 11.5 Å². The summed E-state index contributed by atoms with van der Waals surface area (Å²) in [5.41, 5.74) is 6.51. The van der Waals surface area contributed by atoms with Crippen LogP contribution in [-0.2, 0) is 17.9 Å². The van der Waals surface area contributed by atoms with Crippen LogP contribution in [0, 0.1) is 30.6 Å². The van der Waals surface area contributed by atoms with Crippen molar-refractivity contribution in [3.63, 3.8) is 0 Å². The van der Waals surface area contributed by atoms with Gasteiger partial charge in [-0.05, 0) is 86.7 Å². The van der Waals surface area contributed by atoms with E-state index >= 15 is 0 Å². The van der Waals surface area contributed by atoms with E-state index in [1.165, 1.54) is 12.1 Å². The maximum Gasteiger partial charge on any atom is 0.387 e. The fourth-order valence-electron chi connectivity index (χ4n) is 8.08. The van der Waals surface area contributed by atoms with Crippen LogP contribution < -0.4 is 9.47 Å². The molecule has 0 saturated carbocycles. The van der Waals surface area contributed by atoms with Gasteiger partial charge < -0.3 is 23.4 Å². The predicted molar refractivity (Wildman–Crippen MR) is 201 cm³/mol. The van der Waals surface area contributed by atoms with Crippen LogP contribution in [-0.4, -0.2) is 69.7 Å². The monoisotopic (exact) mass is 783 g/mol. The lowest BCUT2D eigenvalue weighted by Crippen LogP contribution is -2.53. The molecule has 4 aromatic carbocycles. The molecular formula is C42H37F4N5O6. The second-order valence-electron chi connectivity index (χ2n) is 14.9. The summed E-state index contributed by atoms with van der Waals surface area (Å²) in [5, 5.41) is 19.1. The minimum absolute atomic E-state index is 0.0183. The maximum atomic E-state index is 13.5. The summed E-state index contributed by atoms with van der Waals surface area (Å²) in [6, 6.07) is 19.0. The number of rotatable bonds is 12. The summed E-state index contributed by atoms with van der Waals surface area (Å²) in [5.74, 6) is -0.542. The van der Waals surface area contributed by atoms with Gasteiger partial charge in [-0.25, -0.2) is 9.97 Å². The number of aromatic nitrogens is 2. The number of oxazole rings is 2. The van der Waals surface area contributed by atoms with Gasteiger partial charge in [0.25, 0.3) is 0 Å². The summed E-state index contributed by atoms with van der Waals surface area (Å²) in [6.45, 7) is 1.48. The third kappa shape index (κ3) is 7.38. The molecule has 2 aliphatic rings. The number of fused-ring (bicyclic) bond motifs is 2. The number of nitrogens with zero attached hydrogens (tertiary/aromatic N) is 5. The number of ether oxygens (including phenoxy) is 2. The van der Waals surface area contributed by atoms with Crippen molar-refractivity contribution in [2.45, 2.75) is 66.0 Å². The Morgan fingerprint density at radius 3 is 1.82 bits per heavy atom. The highest BCUT2D eigenvalue weighted by Crippen LogP contribution is 2.40. The number of carboxylic acid groups (broad SMARTS) is 1. The van der Waals surface area contributed by atoms with Crippen molar-refractivity contribution in [3.8, 4) is 51.6 Å². The third-order valence-electron chi connectivity index (χ3n) is 10.8. The second kappa shape index (κ2) is 14.8. The topological polar surface area (TPSA) is 138 Å². The van der Waals surface area contributed by atoms with E-state index in [0.717, 1.165) is 22.3 Å². The molecule has 1 atom stereocenters. The number of carboxylic acids is 1. The van der Waals surface area contributed by atoms with Crippen molar-refractivity contribution in [1.29, 1.82) is 5.26 Å². The molecule has 0 bridgehead atoms. The average Bonchev–Trinajstić information content (AvgIpc) is 3.89. The third-order valence-corrected chi connectivity index (χ3v) is 10.8. The first-order chi connectivity index (χ1) is 27.3. The molecule has 1 N–H and O–H groups in total. The van der Waals surface area contributed by atoms with E-state index in [2.05, 4.69) is 6.07 Å². The van der Waals surface area contributed by atoms with Crippen LogP contribution in [0.1, 0.15) is 42.0 Å². The van der Waals surface area contributed by atoms with Gasteiger partial charge >= 0.3 is 19.2 Å². The summed E-state index contributed by atoms with van der Waals surface area (Å²) >= 11 is 0. The Hall–Kier alpha value is -5.98. The van der Waals surface area contributed by atoms with Crippen LogP contribution in [0.3, 0.4) is 0 Å². The fourth-order valence-corrected chi connectivity index (χ4v) is 8.08. The first-order valence-electron chi connectivity index (χ1n) is 18.4. The van der Waals surface area contributed by atoms with Gasteiger partial charge in [0.05, 0.1) is 11.5 Å². The summed E-state index contributed by atoms with van der Waals surface area (Å²) < 4.78 is 76.0. The first-order valence-corrected chi connectivity index (χ1v) is 18.4. The first kappa shape index (κ1) is 37.9. The highest BCUT2D eigenvalue weighted by Gasteiger charge is 2.39. The normalized spacial score (nSPS) is 17.1. The highest BCUT2D eigenvalue weighted by atomic mass is 19.3. The molecule has 0 radical (unpaired) electrons. The molecule has 0 amide bonds. The van der Waals surface area contributed by atoms with Crippen molar-refractivity contribution < 1.29 is 45.8 Å². The standard InChI is InChI=1S/C42H37F4N5O6/c1-22-26(7-4-9-28(22)37-48-30-13-24(17-50-20-42(3,19-47)21-50)33(56-40(43)44)15-35(30)54-37)27-8-5-10-29(23(27)2)38-49-31-14-25(18-51-12-6-11-32(51)39(52)53)34(57-41(45)46)16-36(31)55-38/h4-5,7-10,13-16,32,40-41H,6,11-12,17-18,20-21H2,1-3H3,(H,52,53)/t32-/m0/s1. The molecule has 2 fully saturated rings. The smallest absolute Gasteiger partial charge is 0.387 e. The fraction of sp³-hybridized carbons (Fsp3) is 0.333. The lowest BCUT2D eigenvalue weighted by Gasteiger charge is -2.43. The molecule has 57 heavy (non-hydrogen) atoms. The molecule has 0 unspecified atom stereocenters. The number of alkyl halides is 4. The quantitative estimate of drug-likeness (QED) is 0.119. The number of hydrogen-bond donors (Lipinski definition) is 1. The molecule has 8 rings (SSSR count). The number of carbonyl (C=O) groups is 1. The van der Waals surface area contributed by atoms with Gasteiger partial charge in [-0.1, -0.05) is 24.3 Å². The van der Waals surface area contributed by atoms with Gasteiger partial charge in [0, 0.05) is 60.6 Å². The Balaban J connectivity index is 1.12. The highest BCUT2D eigenvalue weighted by molar-refractivity contribution is 5.85. The Bertz CT molecular complexity index is 2560. The molecule has 294 valence electrons. The van der Waals surface area contributed by atoms with Crippen LogP contribution in [0.25, 0.3) is 56.2 Å². The SMILES string of the molecule is Cc1c(-c2nc3cc(CN4CC(C)(C#N)C4)c(OC(F)F)cc3o2)cccc1-c1cccc(-c2nc3cc(CN4CCC[C@H]4C(=O)O)c(OC(F)F)cc3o2)c1C. The van der Waals surface area contributed by atoms with Gasteiger partial charge in [0.15, 0.2) is 11.2 Å². The second-order valence-corrected chi connectivity index (χ2v) is 14.9. The minimum atomic E-state index is -3.10. The number of hydrogen-bond acceptors (Lipinski definition) is 10. The average molecular weight is 784 g/mol. The van der Waals surface area contributed by atoms with Gasteiger partial charge in [-0.15, -0.1) is 0 Å². The van der Waals surface area contributed by atoms with E-state index < -0.39 is 30.6 Å². The number of benzene rings is 4. The van der Waals surface area contributed by atoms with Gasteiger partial charge in [0.2, 0.25) is 11.8 Å². The van der Waals surface area contributed by atoms with Crippen LogP contribution in [0.4, 0.5) is 17.6 Å². The Morgan fingerprint density at radius 2 is 1.35 bits per heavy atom. The molecular weight excluding hydrogens is 746 g/mol. The van der Waals surface area contributed by atoms with Crippen LogP contribution in [0.2, 0.25) is 0 Å². The van der Waals surface area contributed by atoms with Crippen LogP contribution >= 0.6 is 0 Å². The van der Waals surface area contributed by atoms with Crippen LogP contribution in [0.15, 0.2) is 69.5 Å². The number of halogens is 4. The van der Waals surface area contributed by atoms with Crippen molar-refractivity contribution in [3.05, 3.63) is 82.9 Å². The van der Waals surface area contributed by atoms with E-state index in [1.54, 1.807) is 17.0 Å². The minimum Gasteiger partial charge on any atom is -0.480 e. The summed E-state index contributed by atoms with van der Waals surface area (Å²) in [6.07, 6.45) is 1.14. The Morgan fingerprint density at radius 1 is 0.860 bits per heavy atom. The predicted octanol–water partition coefficient (Wildman–Crippen LogP) is 9.18. The van der Waals surface area contributed by atoms with E-state index in [-0.39, 0.29) is 35.1 Å². The Labute approximate surface area is 324 Å². The lowest BCUT2D eigenvalue weighted by atomic mass is 9.83. The molecule has 2 aliphatic heterocycles. The van der Waals surface area contributed by atoms with E-state index in [1.807, 2.05) is 62.1 Å². The van der Waals surface area contributed by atoms with E-state index in [0.29, 0.717) is 78.2 Å². The van der Waals surface area contributed by atoms with E-state index in [9.17, 15) is 32.7 Å². The van der Waals surface area contributed by atoms with Crippen molar-refractivity contribution in [2.24, 2.45) is 5.41 Å². The number of likely N-dealkylation sites (tertiary alicyclic amines) is 2. The number of aliphatic carboxylic acids is 1. The van der Waals surface area contributed by atoms with Gasteiger partial charge in [-0.3, -0.25) is 14.6 Å². The van der Waals surface area contributed by atoms with E-state index in [4.69, 9.17) is 28.3 Å². The molecule has 0 aliphatic carbocycles. The zero-order valence-corrected chi connectivity index (χ0v) is 31.2. The maximum absolute atomic E-state index is 13.5. The van der Waals surface area contributed by atoms with Crippen molar-refractivity contribution in [1.82, 2.24) is 19.8 Å². The molecule has 4 heterocycles. The molecule has 2 aromatic heterocycles. The molecule has 0 spiro atoms. The van der Waals surface area contributed by atoms with Gasteiger partial charge in [-0.2, -0.15) is 22.8 Å². The molecule has 15 heteroatoms. The largest absolute Gasteiger partial charge is 0.480 e.